The van der Waals surface area contributed by atoms with E-state index in [-0.39, 0.29) is 11.8 Å². The summed E-state index contributed by atoms with van der Waals surface area (Å²) in [5.74, 6) is 0.277. The smallest absolute Gasteiger partial charge is 0.214 e. The maximum Gasteiger partial charge on any atom is 0.214 e. The molecule has 18 heavy (non-hydrogen) atoms. The molecule has 0 bridgehead atoms. The van der Waals surface area contributed by atoms with Crippen LogP contribution in [0.15, 0.2) is 0 Å². The first kappa shape index (κ1) is 17.9. The molecule has 0 aliphatic rings. The van der Waals surface area contributed by atoms with Gasteiger partial charge in [-0.25, -0.2) is 8.42 Å². The van der Waals surface area contributed by atoms with Crippen LogP contribution in [-0.4, -0.2) is 44.2 Å². The van der Waals surface area contributed by atoms with Crippen molar-refractivity contribution in [2.75, 3.05) is 25.4 Å². The average molecular weight is 278 g/mol. The largest absolute Gasteiger partial charge is 0.317 e. The van der Waals surface area contributed by atoms with E-state index in [9.17, 15) is 8.42 Å². The summed E-state index contributed by atoms with van der Waals surface area (Å²) in [4.78, 5) is 0. The first-order valence-corrected chi connectivity index (χ1v) is 8.80. The van der Waals surface area contributed by atoms with Crippen LogP contribution in [0.5, 0.6) is 0 Å². The van der Waals surface area contributed by atoms with E-state index in [1.165, 1.54) is 0 Å². The normalized spacial score (nSPS) is 14.1. The van der Waals surface area contributed by atoms with E-state index < -0.39 is 10.0 Å². The van der Waals surface area contributed by atoms with Crippen LogP contribution in [0.1, 0.15) is 53.4 Å². The summed E-state index contributed by atoms with van der Waals surface area (Å²) in [6.45, 7) is 10.5. The lowest BCUT2D eigenvalue weighted by Crippen LogP contribution is -2.39. The molecule has 1 unspecified atom stereocenters. The summed E-state index contributed by atoms with van der Waals surface area (Å²) in [5.41, 5.74) is 0. The Morgan fingerprint density at radius 3 is 2.28 bits per heavy atom. The van der Waals surface area contributed by atoms with Crippen molar-refractivity contribution in [3.63, 3.8) is 0 Å². The summed E-state index contributed by atoms with van der Waals surface area (Å²) >= 11 is 0. The summed E-state index contributed by atoms with van der Waals surface area (Å²) in [7, 11) is -3.07. The molecule has 5 heteroatoms. The van der Waals surface area contributed by atoms with Gasteiger partial charge in [0, 0.05) is 12.6 Å². The molecule has 0 rings (SSSR count). The van der Waals surface area contributed by atoms with E-state index in [1.807, 2.05) is 20.8 Å². The highest BCUT2D eigenvalue weighted by atomic mass is 32.2. The van der Waals surface area contributed by atoms with Crippen LogP contribution in [0.2, 0.25) is 0 Å². The molecular weight excluding hydrogens is 248 g/mol. The highest BCUT2D eigenvalue weighted by molar-refractivity contribution is 7.89. The molecule has 0 amide bonds. The fourth-order valence-corrected chi connectivity index (χ4v) is 3.83. The van der Waals surface area contributed by atoms with Crippen LogP contribution < -0.4 is 5.32 Å². The van der Waals surface area contributed by atoms with Gasteiger partial charge in [-0.2, -0.15) is 4.31 Å². The van der Waals surface area contributed by atoms with E-state index >= 15 is 0 Å². The van der Waals surface area contributed by atoms with E-state index in [0.29, 0.717) is 6.54 Å². The van der Waals surface area contributed by atoms with E-state index in [2.05, 4.69) is 12.2 Å². The second kappa shape index (κ2) is 9.75. The maximum atomic E-state index is 12.2. The summed E-state index contributed by atoms with van der Waals surface area (Å²) in [5, 5.41) is 3.29. The Morgan fingerprint density at radius 1 is 1.11 bits per heavy atom. The summed E-state index contributed by atoms with van der Waals surface area (Å²) in [6, 6.07) is 0.109. The van der Waals surface area contributed by atoms with Gasteiger partial charge in [-0.05, 0) is 45.7 Å². The van der Waals surface area contributed by atoms with Crippen LogP contribution >= 0.6 is 0 Å². The molecule has 0 aliphatic heterocycles. The second-order valence-electron chi connectivity index (χ2n) is 4.73. The topological polar surface area (TPSA) is 49.4 Å². The minimum Gasteiger partial charge on any atom is -0.317 e. The summed E-state index contributed by atoms with van der Waals surface area (Å²) in [6.07, 6.45) is 3.66. The van der Waals surface area contributed by atoms with Crippen LogP contribution in [-0.2, 0) is 10.0 Å². The van der Waals surface area contributed by atoms with Crippen LogP contribution in [0.25, 0.3) is 0 Å². The van der Waals surface area contributed by atoms with Gasteiger partial charge in [-0.3, -0.25) is 0 Å². The number of sulfonamides is 1. The lowest BCUT2D eigenvalue weighted by molar-refractivity contribution is 0.342. The van der Waals surface area contributed by atoms with Crippen LogP contribution in [0.3, 0.4) is 0 Å². The van der Waals surface area contributed by atoms with Crippen molar-refractivity contribution >= 4 is 10.0 Å². The number of unbranched alkanes of at least 4 members (excludes halogenated alkanes) is 1. The molecule has 0 aliphatic carbocycles. The van der Waals surface area contributed by atoms with Crippen molar-refractivity contribution in [3.05, 3.63) is 0 Å². The van der Waals surface area contributed by atoms with Crippen molar-refractivity contribution in [1.82, 2.24) is 9.62 Å². The molecule has 0 radical (unpaired) electrons. The minimum atomic E-state index is -3.07. The van der Waals surface area contributed by atoms with E-state index in [1.54, 1.807) is 4.31 Å². The standard InChI is InChI=1S/C13H30N2O2S/c1-5-10-14-11-8-9-12-18(16,17)15(7-3)13(4)6-2/h13-14H,5-12H2,1-4H3. The highest BCUT2D eigenvalue weighted by Crippen LogP contribution is 2.11. The van der Waals surface area contributed by atoms with Crippen molar-refractivity contribution in [2.24, 2.45) is 0 Å². The van der Waals surface area contributed by atoms with Crippen molar-refractivity contribution in [1.29, 1.82) is 0 Å². The molecule has 0 spiro atoms. The monoisotopic (exact) mass is 278 g/mol. The predicted molar refractivity (Wildman–Crippen MR) is 78.3 cm³/mol. The van der Waals surface area contributed by atoms with Crippen LogP contribution in [0.4, 0.5) is 0 Å². The van der Waals surface area contributed by atoms with Gasteiger partial charge >= 0.3 is 0 Å². The van der Waals surface area contributed by atoms with Crippen molar-refractivity contribution in [2.45, 2.75) is 59.4 Å². The predicted octanol–water partition coefficient (Wildman–Crippen LogP) is 2.22. The molecule has 0 heterocycles. The zero-order valence-electron chi connectivity index (χ0n) is 12.4. The zero-order chi connectivity index (χ0) is 14.0. The number of rotatable bonds is 11. The highest BCUT2D eigenvalue weighted by Gasteiger charge is 2.23. The third-order valence-corrected chi connectivity index (χ3v) is 5.32. The number of hydrogen-bond donors (Lipinski definition) is 1. The fraction of sp³-hybridized carbons (Fsp3) is 1.00. The lowest BCUT2D eigenvalue weighted by Gasteiger charge is -2.26. The molecule has 0 saturated carbocycles. The quantitative estimate of drug-likeness (QED) is 0.590. The molecule has 110 valence electrons. The van der Waals surface area contributed by atoms with Crippen molar-refractivity contribution in [3.8, 4) is 0 Å². The van der Waals surface area contributed by atoms with Crippen LogP contribution in [0, 0.1) is 0 Å². The van der Waals surface area contributed by atoms with Crippen molar-refractivity contribution < 1.29 is 8.42 Å². The molecule has 0 aromatic rings. The number of nitrogens with one attached hydrogen (secondary N) is 1. The third kappa shape index (κ3) is 6.71. The summed E-state index contributed by atoms with van der Waals surface area (Å²) < 4.78 is 25.9. The first-order valence-electron chi connectivity index (χ1n) is 7.19. The first-order chi connectivity index (χ1) is 8.49. The Bertz CT molecular complexity index is 291. The van der Waals surface area contributed by atoms with Gasteiger partial charge in [0.15, 0.2) is 0 Å². The third-order valence-electron chi connectivity index (χ3n) is 3.18. The molecule has 1 atom stereocenters. The molecule has 4 nitrogen and oxygen atoms in total. The molecular formula is C13H30N2O2S. The van der Waals surface area contributed by atoms with E-state index in [0.717, 1.165) is 38.8 Å². The second-order valence-corrected chi connectivity index (χ2v) is 6.77. The Hall–Kier alpha value is -0.130. The van der Waals surface area contributed by atoms with Gasteiger partial charge in [0.2, 0.25) is 10.0 Å². The van der Waals surface area contributed by atoms with Gasteiger partial charge in [-0.1, -0.05) is 20.8 Å². The average Bonchev–Trinajstić information content (AvgIpc) is 2.33. The van der Waals surface area contributed by atoms with Gasteiger partial charge in [-0.15, -0.1) is 0 Å². The fourth-order valence-electron chi connectivity index (χ4n) is 1.94. The molecule has 0 aromatic heterocycles. The maximum absolute atomic E-state index is 12.2. The van der Waals surface area contributed by atoms with Gasteiger partial charge < -0.3 is 5.32 Å². The Kier molecular flexibility index (Phi) is 9.68. The number of nitrogens with zero attached hydrogens (tertiary/aromatic N) is 1. The Labute approximate surface area is 113 Å². The molecule has 0 aromatic carbocycles. The SMILES string of the molecule is CCCNCCCCS(=O)(=O)N(CC)C(C)CC. The number of hydrogen-bond acceptors (Lipinski definition) is 3. The minimum absolute atomic E-state index is 0.109. The van der Waals surface area contributed by atoms with Gasteiger partial charge in [0.05, 0.1) is 5.75 Å². The lowest BCUT2D eigenvalue weighted by atomic mass is 10.3. The van der Waals surface area contributed by atoms with E-state index in [4.69, 9.17) is 0 Å². The molecule has 0 fully saturated rings. The molecule has 1 N–H and O–H groups in total. The zero-order valence-corrected chi connectivity index (χ0v) is 13.2. The Morgan fingerprint density at radius 2 is 1.78 bits per heavy atom. The van der Waals surface area contributed by atoms with Gasteiger partial charge in [0.25, 0.3) is 0 Å². The Balaban J connectivity index is 4.05. The van der Waals surface area contributed by atoms with Gasteiger partial charge in [0.1, 0.15) is 0 Å². The molecule has 0 saturated heterocycles.